The van der Waals surface area contributed by atoms with Gasteiger partial charge in [0.1, 0.15) is 6.61 Å². The Morgan fingerprint density at radius 3 is 2.57 bits per heavy atom. The Morgan fingerprint density at radius 2 is 1.90 bits per heavy atom. The summed E-state index contributed by atoms with van der Waals surface area (Å²) in [5.74, 6) is 1.55. The fraction of sp³-hybridized carbons (Fsp3) is 0.455. The highest BCUT2D eigenvalue weighted by atomic mass is 79.9. The predicted molar refractivity (Wildman–Crippen MR) is 120 cm³/mol. The normalized spacial score (nSPS) is 11.1. The average Bonchev–Trinajstić information content (AvgIpc) is 2.68. The van der Waals surface area contributed by atoms with E-state index in [0.717, 1.165) is 10.0 Å². The maximum atomic E-state index is 12.0. The molecule has 0 aliphatic rings. The second kappa shape index (κ2) is 11.8. The number of carbonyl (C=O) groups is 1. The number of rotatable bonds is 11. The summed E-state index contributed by atoms with van der Waals surface area (Å²) < 4.78 is 17.9. The number of benzene rings is 1. The van der Waals surface area contributed by atoms with Gasteiger partial charge in [-0.05, 0) is 51.5 Å². The van der Waals surface area contributed by atoms with Crippen LogP contribution in [0.5, 0.6) is 17.4 Å². The van der Waals surface area contributed by atoms with E-state index in [1.54, 1.807) is 6.20 Å². The van der Waals surface area contributed by atoms with E-state index in [1.165, 1.54) is 0 Å². The molecule has 0 radical (unpaired) electrons. The molecule has 1 heterocycles. The topological polar surface area (TPSA) is 81.7 Å². The Bertz CT molecular complexity index is 810. The van der Waals surface area contributed by atoms with Crippen LogP contribution in [0.15, 0.2) is 41.0 Å². The van der Waals surface area contributed by atoms with Crippen molar-refractivity contribution in [2.45, 2.75) is 39.8 Å². The molecule has 30 heavy (non-hydrogen) atoms. The molecule has 1 aromatic carbocycles. The number of hydrogen-bond donors (Lipinski definition) is 2. The lowest BCUT2D eigenvalue weighted by Gasteiger charge is -2.21. The van der Waals surface area contributed by atoms with Crippen molar-refractivity contribution in [2.75, 3.05) is 26.4 Å². The van der Waals surface area contributed by atoms with Crippen LogP contribution >= 0.6 is 15.9 Å². The molecule has 0 saturated carbocycles. The molecule has 2 aromatic rings. The van der Waals surface area contributed by atoms with E-state index in [1.807, 2.05) is 58.0 Å². The summed E-state index contributed by atoms with van der Waals surface area (Å²) in [6, 6.07) is 9.31. The van der Waals surface area contributed by atoms with Gasteiger partial charge < -0.3 is 24.8 Å². The highest BCUT2D eigenvalue weighted by Crippen LogP contribution is 2.34. The first-order valence-electron chi connectivity index (χ1n) is 9.92. The van der Waals surface area contributed by atoms with Gasteiger partial charge in [-0.2, -0.15) is 0 Å². The minimum absolute atomic E-state index is 0.0771. The molecular weight excluding hydrogens is 450 g/mol. The van der Waals surface area contributed by atoms with Crippen LogP contribution in [-0.4, -0.2) is 42.8 Å². The van der Waals surface area contributed by atoms with Crippen molar-refractivity contribution in [2.24, 2.45) is 0 Å². The lowest BCUT2D eigenvalue weighted by Crippen LogP contribution is -2.43. The van der Waals surface area contributed by atoms with Crippen molar-refractivity contribution in [1.82, 2.24) is 15.6 Å². The van der Waals surface area contributed by atoms with Gasteiger partial charge in [-0.3, -0.25) is 4.79 Å². The molecule has 0 spiro atoms. The maximum Gasteiger partial charge on any atom is 0.258 e. The van der Waals surface area contributed by atoms with Gasteiger partial charge in [-0.1, -0.05) is 22.0 Å². The molecule has 1 amide bonds. The molecule has 0 aliphatic carbocycles. The van der Waals surface area contributed by atoms with Crippen molar-refractivity contribution in [3.8, 4) is 17.4 Å². The molecule has 0 saturated heterocycles. The Balaban J connectivity index is 1.90. The number of aromatic nitrogens is 1. The number of hydrogen-bond acceptors (Lipinski definition) is 6. The molecule has 0 aliphatic heterocycles. The summed E-state index contributed by atoms with van der Waals surface area (Å²) in [4.78, 5) is 16.2. The summed E-state index contributed by atoms with van der Waals surface area (Å²) in [6.45, 7) is 9.91. The Morgan fingerprint density at radius 1 is 1.13 bits per heavy atom. The third-order valence-corrected chi connectivity index (χ3v) is 4.51. The first kappa shape index (κ1) is 24.0. The number of amides is 1. The molecule has 164 valence electrons. The van der Waals surface area contributed by atoms with Crippen molar-refractivity contribution >= 4 is 21.8 Å². The molecule has 0 fully saturated rings. The largest absolute Gasteiger partial charge is 0.490 e. The number of pyridine rings is 1. The van der Waals surface area contributed by atoms with Crippen LogP contribution in [0, 0.1) is 0 Å². The molecule has 0 unspecified atom stereocenters. The molecule has 7 nitrogen and oxygen atoms in total. The number of carbonyl (C=O) groups excluding carboxylic acids is 1. The Labute approximate surface area is 186 Å². The molecular formula is C22H30BrN3O4. The van der Waals surface area contributed by atoms with Crippen LogP contribution in [0.1, 0.15) is 33.3 Å². The van der Waals surface area contributed by atoms with Crippen molar-refractivity contribution in [1.29, 1.82) is 0 Å². The van der Waals surface area contributed by atoms with Crippen molar-refractivity contribution < 1.29 is 19.0 Å². The minimum Gasteiger partial charge on any atom is -0.490 e. The van der Waals surface area contributed by atoms with Gasteiger partial charge in [-0.25, -0.2) is 4.98 Å². The number of nitrogens with zero attached hydrogens (tertiary/aromatic N) is 1. The number of halogens is 1. The van der Waals surface area contributed by atoms with Crippen molar-refractivity contribution in [3.05, 3.63) is 46.6 Å². The maximum absolute atomic E-state index is 12.0. The summed E-state index contributed by atoms with van der Waals surface area (Å²) >= 11 is 3.58. The summed E-state index contributed by atoms with van der Waals surface area (Å²) in [5.41, 5.74) is 0.710. The van der Waals surface area contributed by atoms with Gasteiger partial charge in [0.2, 0.25) is 5.88 Å². The van der Waals surface area contributed by atoms with E-state index in [4.69, 9.17) is 14.2 Å². The molecule has 2 rings (SSSR count). The lowest BCUT2D eigenvalue weighted by molar-refractivity contribution is -0.124. The van der Waals surface area contributed by atoms with Crippen LogP contribution in [0.4, 0.5) is 0 Å². The van der Waals surface area contributed by atoms with E-state index in [0.29, 0.717) is 43.7 Å². The molecule has 1 aromatic heterocycles. The minimum atomic E-state index is -0.306. The molecule has 0 bridgehead atoms. The van der Waals surface area contributed by atoms with Crippen LogP contribution in [0.3, 0.4) is 0 Å². The smallest absolute Gasteiger partial charge is 0.258 e. The van der Waals surface area contributed by atoms with Crippen LogP contribution in [0.2, 0.25) is 0 Å². The zero-order valence-corrected chi connectivity index (χ0v) is 19.5. The zero-order valence-electron chi connectivity index (χ0n) is 18.0. The SMILES string of the molecule is CCOc1cc(CNCCOc2ccccn2)c(Br)cc1OCC(=O)NC(C)(C)C. The monoisotopic (exact) mass is 479 g/mol. The van der Waals surface area contributed by atoms with E-state index >= 15 is 0 Å². The van der Waals surface area contributed by atoms with Crippen LogP contribution in [0.25, 0.3) is 0 Å². The average molecular weight is 480 g/mol. The van der Waals surface area contributed by atoms with Crippen molar-refractivity contribution in [3.63, 3.8) is 0 Å². The summed E-state index contributed by atoms with van der Waals surface area (Å²) in [6.07, 6.45) is 1.70. The zero-order chi connectivity index (χ0) is 22.0. The lowest BCUT2D eigenvalue weighted by atomic mass is 10.1. The highest BCUT2D eigenvalue weighted by Gasteiger charge is 2.16. The second-order valence-corrected chi connectivity index (χ2v) is 8.46. The molecule has 2 N–H and O–H groups in total. The summed E-state index contributed by atoms with van der Waals surface area (Å²) in [5, 5.41) is 6.21. The standard InChI is InChI=1S/C22H30BrN3O4/c1-5-28-18-12-16(14-24-10-11-29-21-8-6-7-9-25-21)17(23)13-19(18)30-15-20(27)26-22(2,3)4/h6-9,12-13,24H,5,10-11,14-15H2,1-4H3,(H,26,27). The van der Waals surface area contributed by atoms with Gasteiger partial charge in [0.15, 0.2) is 18.1 Å². The van der Waals surface area contributed by atoms with Crippen LogP contribution < -0.4 is 24.8 Å². The molecule has 8 heteroatoms. The van der Waals surface area contributed by atoms with E-state index in [9.17, 15) is 4.79 Å². The third kappa shape index (κ3) is 8.59. The fourth-order valence-electron chi connectivity index (χ4n) is 2.57. The Hall–Kier alpha value is -2.32. The first-order valence-corrected chi connectivity index (χ1v) is 10.7. The number of ether oxygens (including phenoxy) is 3. The van der Waals surface area contributed by atoms with Gasteiger partial charge in [-0.15, -0.1) is 0 Å². The quantitative estimate of drug-likeness (QED) is 0.478. The van der Waals surface area contributed by atoms with Gasteiger partial charge in [0, 0.05) is 35.4 Å². The number of nitrogens with one attached hydrogen (secondary N) is 2. The van der Waals surface area contributed by atoms with E-state index < -0.39 is 0 Å². The van der Waals surface area contributed by atoms with Gasteiger partial charge >= 0.3 is 0 Å². The van der Waals surface area contributed by atoms with E-state index in [-0.39, 0.29) is 18.1 Å². The fourth-order valence-corrected chi connectivity index (χ4v) is 3.04. The third-order valence-electron chi connectivity index (χ3n) is 3.77. The van der Waals surface area contributed by atoms with Crippen LogP contribution in [-0.2, 0) is 11.3 Å². The Kier molecular flexibility index (Phi) is 9.39. The van der Waals surface area contributed by atoms with E-state index in [2.05, 4.69) is 31.5 Å². The first-order chi connectivity index (χ1) is 14.3. The summed E-state index contributed by atoms with van der Waals surface area (Å²) in [7, 11) is 0. The highest BCUT2D eigenvalue weighted by molar-refractivity contribution is 9.10. The molecule has 0 atom stereocenters. The predicted octanol–water partition coefficient (Wildman–Crippen LogP) is 3.70. The van der Waals surface area contributed by atoms with Gasteiger partial charge in [0.25, 0.3) is 5.91 Å². The second-order valence-electron chi connectivity index (χ2n) is 7.60. The van der Waals surface area contributed by atoms with Gasteiger partial charge in [0.05, 0.1) is 6.61 Å².